The Bertz CT molecular complexity index is 1070. The molecule has 0 bridgehead atoms. The van der Waals surface area contributed by atoms with Gasteiger partial charge < -0.3 is 20.1 Å². The minimum absolute atomic E-state index is 0.0805. The molecule has 0 fully saturated rings. The van der Waals surface area contributed by atoms with Crippen LogP contribution in [-0.2, 0) is 20.9 Å². The fourth-order valence-electron chi connectivity index (χ4n) is 3.39. The molecule has 1 heterocycles. The Labute approximate surface area is 161 Å². The van der Waals surface area contributed by atoms with Gasteiger partial charge in [-0.1, -0.05) is 42.5 Å². The van der Waals surface area contributed by atoms with E-state index < -0.39 is 23.8 Å². The average molecular weight is 380 g/mol. The molecule has 3 N–H and O–H groups in total. The van der Waals surface area contributed by atoms with E-state index in [2.05, 4.69) is 4.74 Å². The van der Waals surface area contributed by atoms with Crippen molar-refractivity contribution in [3.05, 3.63) is 70.9 Å². The van der Waals surface area contributed by atoms with E-state index in [1.54, 1.807) is 19.1 Å². The van der Waals surface area contributed by atoms with Crippen molar-refractivity contribution >= 4 is 28.6 Å². The molecule has 2 aromatic carbocycles. The Kier molecular flexibility index (Phi) is 5.28. The number of aliphatic hydroxyl groups excluding tert-OH is 1. The van der Waals surface area contributed by atoms with Crippen molar-refractivity contribution in [1.29, 1.82) is 0 Å². The van der Waals surface area contributed by atoms with Crippen molar-refractivity contribution in [1.82, 2.24) is 4.57 Å². The van der Waals surface area contributed by atoms with Gasteiger partial charge in [0, 0.05) is 28.7 Å². The lowest BCUT2D eigenvalue weighted by Crippen LogP contribution is -2.24. The average Bonchev–Trinajstić information content (AvgIpc) is 2.98. The molecule has 1 atom stereocenters. The van der Waals surface area contributed by atoms with Crippen molar-refractivity contribution in [3.8, 4) is 0 Å². The molecule has 0 saturated heterocycles. The largest absolute Gasteiger partial charge is 0.467 e. The summed E-state index contributed by atoms with van der Waals surface area (Å²) in [5.74, 6) is -2.85. The molecule has 0 spiro atoms. The zero-order valence-electron chi connectivity index (χ0n) is 15.5. The van der Waals surface area contributed by atoms with E-state index in [0.717, 1.165) is 12.7 Å². The maximum Gasteiger partial charge on any atom is 0.339 e. The maximum atomic E-state index is 12.6. The quantitative estimate of drug-likeness (QED) is 0.385. The number of hydrogen-bond acceptors (Lipinski definition) is 5. The third-order valence-corrected chi connectivity index (χ3v) is 4.74. The molecule has 0 radical (unpaired) electrons. The predicted molar refractivity (Wildman–Crippen MR) is 103 cm³/mol. The van der Waals surface area contributed by atoms with Gasteiger partial charge in [-0.2, -0.15) is 0 Å². The summed E-state index contributed by atoms with van der Waals surface area (Å²) in [6.07, 6.45) is -1.60. The molecule has 144 valence electrons. The van der Waals surface area contributed by atoms with Crippen LogP contribution < -0.4 is 5.73 Å². The number of carbonyl (C=O) groups is 3. The van der Waals surface area contributed by atoms with E-state index in [4.69, 9.17) is 5.73 Å². The lowest BCUT2D eigenvalue weighted by Gasteiger charge is -2.12. The summed E-state index contributed by atoms with van der Waals surface area (Å²) in [5.41, 5.74) is 7.62. The fourth-order valence-corrected chi connectivity index (χ4v) is 3.39. The minimum Gasteiger partial charge on any atom is -0.467 e. The monoisotopic (exact) mass is 380 g/mol. The summed E-state index contributed by atoms with van der Waals surface area (Å²) in [6, 6.07) is 14.5. The third-order valence-electron chi connectivity index (χ3n) is 4.74. The fraction of sp³-hybridized carbons (Fsp3) is 0.190. The number of Topliss-reactive ketones (excluding diaryl/α,β-unsaturated/α-hetero) is 1. The van der Waals surface area contributed by atoms with E-state index in [1.165, 1.54) is 6.07 Å². The summed E-state index contributed by atoms with van der Waals surface area (Å²) in [6.45, 7) is 2.14. The number of nitrogens with zero attached hydrogens (tertiary/aromatic N) is 1. The summed E-state index contributed by atoms with van der Waals surface area (Å²) in [7, 11) is 1.16. The number of primary amides is 1. The standard InChI is InChI=1S/C21H20N2O5/c1-12-16(19(25)20(22)26)17-14(18(24)21(27)28-2)9-6-10-15(17)23(12)11-13-7-4-3-5-8-13/h3-10,18,24H,11H2,1-2H3,(H2,22,26). The summed E-state index contributed by atoms with van der Waals surface area (Å²) < 4.78 is 6.48. The first-order valence-electron chi connectivity index (χ1n) is 8.62. The number of methoxy groups -OCH3 is 1. The molecule has 1 unspecified atom stereocenters. The Morgan fingerprint density at radius 3 is 2.39 bits per heavy atom. The number of ketones is 1. The zero-order valence-corrected chi connectivity index (χ0v) is 15.5. The molecule has 0 aliphatic carbocycles. The number of benzene rings is 2. The molecule has 7 heteroatoms. The zero-order chi connectivity index (χ0) is 20.4. The molecule has 1 aromatic heterocycles. The SMILES string of the molecule is COC(=O)C(O)c1cccc2c1c(C(=O)C(N)=O)c(C)n2Cc1ccccc1. The van der Waals surface area contributed by atoms with E-state index in [9.17, 15) is 19.5 Å². The lowest BCUT2D eigenvalue weighted by molar-refractivity contribution is -0.150. The van der Waals surface area contributed by atoms with Crippen LogP contribution in [0.25, 0.3) is 10.9 Å². The molecule has 1 amide bonds. The van der Waals surface area contributed by atoms with Crippen LogP contribution in [0.2, 0.25) is 0 Å². The topological polar surface area (TPSA) is 112 Å². The van der Waals surface area contributed by atoms with Crippen LogP contribution in [0.15, 0.2) is 48.5 Å². The number of amides is 1. The summed E-state index contributed by atoms with van der Waals surface area (Å²) in [4.78, 5) is 36.1. The molecule has 0 aliphatic heterocycles. The molecule has 28 heavy (non-hydrogen) atoms. The van der Waals surface area contributed by atoms with Gasteiger partial charge in [0.15, 0.2) is 6.10 Å². The molecule has 3 rings (SSSR count). The summed E-state index contributed by atoms with van der Waals surface area (Å²) in [5, 5.41) is 10.7. The normalized spacial score (nSPS) is 12.0. The number of nitrogens with two attached hydrogens (primary N) is 1. The van der Waals surface area contributed by atoms with Crippen LogP contribution in [0, 0.1) is 6.92 Å². The van der Waals surface area contributed by atoms with Crippen molar-refractivity contribution in [2.45, 2.75) is 19.6 Å². The Balaban J connectivity index is 2.31. The van der Waals surface area contributed by atoms with Crippen LogP contribution in [-0.4, -0.2) is 34.4 Å². The number of aromatic nitrogens is 1. The van der Waals surface area contributed by atoms with Crippen molar-refractivity contribution in [2.24, 2.45) is 5.73 Å². The van der Waals surface area contributed by atoms with Crippen LogP contribution in [0.3, 0.4) is 0 Å². The smallest absolute Gasteiger partial charge is 0.339 e. The Morgan fingerprint density at radius 1 is 1.11 bits per heavy atom. The number of carbonyl (C=O) groups excluding carboxylic acids is 3. The van der Waals surface area contributed by atoms with Crippen molar-refractivity contribution in [3.63, 3.8) is 0 Å². The maximum absolute atomic E-state index is 12.6. The van der Waals surface area contributed by atoms with Crippen LogP contribution in [0.5, 0.6) is 0 Å². The van der Waals surface area contributed by atoms with Gasteiger partial charge in [0.25, 0.3) is 11.7 Å². The molecular weight excluding hydrogens is 360 g/mol. The second kappa shape index (κ2) is 7.66. The molecule has 0 saturated carbocycles. The Morgan fingerprint density at radius 2 is 1.79 bits per heavy atom. The van der Waals surface area contributed by atoms with Crippen LogP contribution >= 0.6 is 0 Å². The third kappa shape index (κ3) is 3.27. The minimum atomic E-state index is -1.60. The van der Waals surface area contributed by atoms with E-state index in [-0.39, 0.29) is 11.1 Å². The van der Waals surface area contributed by atoms with Crippen LogP contribution in [0.4, 0.5) is 0 Å². The first-order chi connectivity index (χ1) is 13.4. The first-order valence-corrected chi connectivity index (χ1v) is 8.62. The predicted octanol–water partition coefficient (Wildman–Crippen LogP) is 1.87. The summed E-state index contributed by atoms with van der Waals surface area (Å²) >= 11 is 0. The van der Waals surface area contributed by atoms with Gasteiger partial charge in [0.1, 0.15) is 0 Å². The van der Waals surface area contributed by atoms with Gasteiger partial charge in [-0.05, 0) is 18.6 Å². The van der Waals surface area contributed by atoms with Crippen LogP contribution in [0.1, 0.15) is 33.3 Å². The molecule has 3 aromatic rings. The highest BCUT2D eigenvalue weighted by atomic mass is 16.5. The molecule has 0 aliphatic rings. The highest BCUT2D eigenvalue weighted by Crippen LogP contribution is 2.33. The van der Waals surface area contributed by atoms with Gasteiger partial charge in [-0.15, -0.1) is 0 Å². The highest BCUT2D eigenvalue weighted by molar-refractivity contribution is 6.45. The van der Waals surface area contributed by atoms with Gasteiger partial charge in [0.2, 0.25) is 0 Å². The first kappa shape index (κ1) is 19.3. The van der Waals surface area contributed by atoms with Crippen molar-refractivity contribution in [2.75, 3.05) is 7.11 Å². The Hall–Kier alpha value is -3.45. The number of aliphatic hydroxyl groups is 1. The van der Waals surface area contributed by atoms with Gasteiger partial charge in [-0.25, -0.2) is 4.79 Å². The second-order valence-corrected chi connectivity index (χ2v) is 6.39. The molecule has 7 nitrogen and oxygen atoms in total. The number of rotatable bonds is 6. The number of ether oxygens (including phenoxy) is 1. The highest BCUT2D eigenvalue weighted by Gasteiger charge is 2.29. The van der Waals surface area contributed by atoms with Gasteiger partial charge in [0.05, 0.1) is 12.7 Å². The van der Waals surface area contributed by atoms with E-state index in [1.807, 2.05) is 34.9 Å². The van der Waals surface area contributed by atoms with Gasteiger partial charge >= 0.3 is 5.97 Å². The number of fused-ring (bicyclic) bond motifs is 1. The molecular formula is C21H20N2O5. The van der Waals surface area contributed by atoms with E-state index in [0.29, 0.717) is 23.1 Å². The number of hydrogen-bond donors (Lipinski definition) is 2. The lowest BCUT2D eigenvalue weighted by atomic mass is 9.98. The van der Waals surface area contributed by atoms with E-state index >= 15 is 0 Å². The second-order valence-electron chi connectivity index (χ2n) is 6.39. The van der Waals surface area contributed by atoms with Crippen molar-refractivity contribution < 1.29 is 24.2 Å². The van der Waals surface area contributed by atoms with Gasteiger partial charge in [-0.3, -0.25) is 9.59 Å². The number of esters is 1.